The van der Waals surface area contributed by atoms with Crippen LogP contribution < -0.4 is 4.74 Å². The number of Topliss-reactive ketones (excluding diaryl/α,β-unsaturated/α-hetero) is 1. The molecular formula is C19H21NO4S. The van der Waals surface area contributed by atoms with Crippen LogP contribution in [0.4, 0.5) is 0 Å². The summed E-state index contributed by atoms with van der Waals surface area (Å²) in [5.74, 6) is 0.558. The summed E-state index contributed by atoms with van der Waals surface area (Å²) < 4.78 is 33.0. The highest BCUT2D eigenvalue weighted by atomic mass is 32.2. The summed E-state index contributed by atoms with van der Waals surface area (Å²) in [5, 5.41) is 0. The maximum Gasteiger partial charge on any atom is 0.243 e. The van der Waals surface area contributed by atoms with E-state index >= 15 is 0 Å². The maximum atomic E-state index is 13.1. The summed E-state index contributed by atoms with van der Waals surface area (Å²) in [6, 6.07) is 13.5. The summed E-state index contributed by atoms with van der Waals surface area (Å²) >= 11 is 0. The van der Waals surface area contributed by atoms with Gasteiger partial charge >= 0.3 is 0 Å². The topological polar surface area (TPSA) is 63.7 Å². The number of ether oxygens (including phenoxy) is 1. The van der Waals surface area contributed by atoms with Crippen molar-refractivity contribution in [2.75, 3.05) is 13.7 Å². The number of nitrogens with zero attached hydrogens (tertiary/aromatic N) is 1. The number of carbonyl (C=O) groups is 1. The number of rotatable bonds is 5. The van der Waals surface area contributed by atoms with Crippen LogP contribution in [0.3, 0.4) is 0 Å². The SMILES string of the molecule is COc1cccc([C@H]2CCCN2S(=O)(=O)c2cccc(C(C)=O)c2)c1. The van der Waals surface area contributed by atoms with Crippen molar-refractivity contribution in [3.63, 3.8) is 0 Å². The molecule has 0 spiro atoms. The minimum Gasteiger partial charge on any atom is -0.497 e. The average molecular weight is 359 g/mol. The minimum absolute atomic E-state index is 0.150. The Morgan fingerprint density at radius 1 is 1.16 bits per heavy atom. The predicted octanol–water partition coefficient (Wildman–Crippen LogP) is 3.42. The molecule has 2 aromatic carbocycles. The molecule has 1 atom stereocenters. The Kier molecular flexibility index (Phi) is 4.92. The van der Waals surface area contributed by atoms with Crippen LogP contribution in [0.25, 0.3) is 0 Å². The van der Waals surface area contributed by atoms with Crippen LogP contribution in [-0.4, -0.2) is 32.2 Å². The fourth-order valence-electron chi connectivity index (χ4n) is 3.22. The Hall–Kier alpha value is -2.18. The van der Waals surface area contributed by atoms with Crippen LogP contribution >= 0.6 is 0 Å². The number of hydrogen-bond acceptors (Lipinski definition) is 4. The fourth-order valence-corrected chi connectivity index (χ4v) is 4.95. The van der Waals surface area contributed by atoms with E-state index in [9.17, 15) is 13.2 Å². The molecule has 0 bridgehead atoms. The zero-order valence-electron chi connectivity index (χ0n) is 14.3. The standard InChI is InChI=1S/C19H21NO4S/c1-14(21)15-6-4-9-18(13-15)25(22,23)20-11-5-10-19(20)16-7-3-8-17(12-16)24-2/h3-4,6-9,12-13,19H,5,10-11H2,1-2H3/t19-/m1/s1. The number of methoxy groups -OCH3 is 1. The van der Waals surface area contributed by atoms with Gasteiger partial charge in [0.25, 0.3) is 0 Å². The molecule has 5 nitrogen and oxygen atoms in total. The second-order valence-electron chi connectivity index (χ2n) is 6.13. The summed E-state index contributed by atoms with van der Waals surface area (Å²) in [6.45, 7) is 1.90. The van der Waals surface area contributed by atoms with Gasteiger partial charge < -0.3 is 4.74 Å². The van der Waals surface area contributed by atoms with Gasteiger partial charge in [-0.05, 0) is 49.6 Å². The third-order valence-corrected chi connectivity index (χ3v) is 6.43. The summed E-state index contributed by atoms with van der Waals surface area (Å²) in [6.07, 6.45) is 1.56. The van der Waals surface area contributed by atoms with Crippen molar-refractivity contribution >= 4 is 15.8 Å². The predicted molar refractivity (Wildman–Crippen MR) is 95.3 cm³/mol. The molecule has 2 aromatic rings. The maximum absolute atomic E-state index is 13.1. The Labute approximate surface area is 148 Å². The highest BCUT2D eigenvalue weighted by Crippen LogP contribution is 2.37. The molecule has 0 aromatic heterocycles. The Morgan fingerprint density at radius 2 is 1.92 bits per heavy atom. The molecule has 0 unspecified atom stereocenters. The van der Waals surface area contributed by atoms with Gasteiger partial charge in [0.05, 0.1) is 18.0 Å². The van der Waals surface area contributed by atoms with E-state index in [1.807, 2.05) is 24.3 Å². The molecule has 0 saturated carbocycles. The first-order valence-electron chi connectivity index (χ1n) is 8.20. The summed E-state index contributed by atoms with van der Waals surface area (Å²) in [4.78, 5) is 11.7. The van der Waals surface area contributed by atoms with E-state index in [-0.39, 0.29) is 16.7 Å². The van der Waals surface area contributed by atoms with Crippen molar-refractivity contribution < 1.29 is 17.9 Å². The molecule has 25 heavy (non-hydrogen) atoms. The molecule has 132 valence electrons. The van der Waals surface area contributed by atoms with Gasteiger partial charge in [0.2, 0.25) is 10.0 Å². The monoisotopic (exact) mass is 359 g/mol. The van der Waals surface area contributed by atoms with Gasteiger partial charge in [-0.25, -0.2) is 8.42 Å². The van der Waals surface area contributed by atoms with Crippen LogP contribution in [-0.2, 0) is 10.0 Å². The Bertz CT molecular complexity index is 892. The molecule has 1 aliphatic rings. The molecule has 0 radical (unpaired) electrons. The van der Waals surface area contributed by atoms with E-state index in [1.54, 1.807) is 25.3 Å². The first-order valence-corrected chi connectivity index (χ1v) is 9.64. The van der Waals surface area contributed by atoms with Crippen LogP contribution in [0, 0.1) is 0 Å². The van der Waals surface area contributed by atoms with Crippen molar-refractivity contribution in [2.45, 2.75) is 30.7 Å². The third-order valence-electron chi connectivity index (χ3n) is 4.53. The van der Waals surface area contributed by atoms with Crippen molar-refractivity contribution in [2.24, 2.45) is 0 Å². The smallest absolute Gasteiger partial charge is 0.243 e. The van der Waals surface area contributed by atoms with Crippen molar-refractivity contribution in [3.8, 4) is 5.75 Å². The molecule has 1 fully saturated rings. The third kappa shape index (κ3) is 3.45. The number of benzene rings is 2. The van der Waals surface area contributed by atoms with Gasteiger partial charge in [-0.2, -0.15) is 4.31 Å². The van der Waals surface area contributed by atoms with E-state index in [4.69, 9.17) is 4.74 Å². The first-order chi connectivity index (χ1) is 11.9. The largest absolute Gasteiger partial charge is 0.497 e. The molecule has 1 aliphatic heterocycles. The van der Waals surface area contributed by atoms with E-state index in [2.05, 4.69) is 0 Å². The number of hydrogen-bond donors (Lipinski definition) is 0. The lowest BCUT2D eigenvalue weighted by atomic mass is 10.1. The molecular weight excluding hydrogens is 338 g/mol. The molecule has 0 amide bonds. The second-order valence-corrected chi connectivity index (χ2v) is 8.02. The lowest BCUT2D eigenvalue weighted by Crippen LogP contribution is -2.30. The second kappa shape index (κ2) is 6.98. The van der Waals surface area contributed by atoms with Gasteiger partial charge in [0.15, 0.2) is 5.78 Å². The number of ketones is 1. The quantitative estimate of drug-likeness (QED) is 0.768. The lowest BCUT2D eigenvalue weighted by molar-refractivity contribution is 0.101. The first kappa shape index (κ1) is 17.6. The van der Waals surface area contributed by atoms with E-state index in [0.29, 0.717) is 17.9 Å². The van der Waals surface area contributed by atoms with E-state index < -0.39 is 10.0 Å². The van der Waals surface area contributed by atoms with Gasteiger partial charge in [-0.15, -0.1) is 0 Å². The Balaban J connectivity index is 1.98. The normalized spacial score (nSPS) is 18.2. The number of sulfonamides is 1. The van der Waals surface area contributed by atoms with Crippen LogP contribution in [0.2, 0.25) is 0 Å². The summed E-state index contributed by atoms with van der Waals surface area (Å²) in [5.41, 5.74) is 1.32. The van der Waals surface area contributed by atoms with Gasteiger partial charge in [-0.1, -0.05) is 24.3 Å². The van der Waals surface area contributed by atoms with Crippen LogP contribution in [0.5, 0.6) is 5.75 Å². The van der Waals surface area contributed by atoms with E-state index in [1.165, 1.54) is 17.3 Å². The molecule has 1 saturated heterocycles. The molecule has 0 aliphatic carbocycles. The van der Waals surface area contributed by atoms with Crippen LogP contribution in [0.15, 0.2) is 53.4 Å². The summed E-state index contributed by atoms with van der Waals surface area (Å²) in [7, 11) is -2.08. The molecule has 1 heterocycles. The lowest BCUT2D eigenvalue weighted by Gasteiger charge is -2.25. The van der Waals surface area contributed by atoms with Gasteiger partial charge in [0.1, 0.15) is 5.75 Å². The molecule has 0 N–H and O–H groups in total. The van der Waals surface area contributed by atoms with Crippen molar-refractivity contribution in [3.05, 3.63) is 59.7 Å². The minimum atomic E-state index is -3.67. The zero-order valence-corrected chi connectivity index (χ0v) is 15.1. The Morgan fingerprint density at radius 3 is 2.64 bits per heavy atom. The van der Waals surface area contributed by atoms with Gasteiger partial charge in [-0.3, -0.25) is 4.79 Å². The number of carbonyl (C=O) groups excluding carboxylic acids is 1. The average Bonchev–Trinajstić information content (AvgIpc) is 3.12. The van der Waals surface area contributed by atoms with Crippen molar-refractivity contribution in [1.29, 1.82) is 0 Å². The molecule has 3 rings (SSSR count). The molecule has 6 heteroatoms. The van der Waals surface area contributed by atoms with Gasteiger partial charge in [0, 0.05) is 12.1 Å². The zero-order chi connectivity index (χ0) is 18.0. The van der Waals surface area contributed by atoms with E-state index in [0.717, 1.165) is 18.4 Å². The fraction of sp³-hybridized carbons (Fsp3) is 0.316. The van der Waals surface area contributed by atoms with Crippen LogP contribution in [0.1, 0.15) is 41.7 Å². The van der Waals surface area contributed by atoms with Crippen molar-refractivity contribution in [1.82, 2.24) is 4.31 Å². The highest BCUT2D eigenvalue weighted by molar-refractivity contribution is 7.89. The highest BCUT2D eigenvalue weighted by Gasteiger charge is 2.36.